The summed E-state index contributed by atoms with van der Waals surface area (Å²) < 4.78 is 17.2. The molecule has 0 aliphatic heterocycles. The Morgan fingerprint density at radius 3 is 2.14 bits per heavy atom. The second-order valence-corrected chi connectivity index (χ2v) is 9.39. The molecule has 0 unspecified atom stereocenters. The molecule has 196 valence electrons. The number of nitrogens with zero attached hydrogens (tertiary/aromatic N) is 1. The van der Waals surface area contributed by atoms with E-state index in [4.69, 9.17) is 14.2 Å². The van der Waals surface area contributed by atoms with Crippen LogP contribution in [0.25, 0.3) is 0 Å². The molecule has 3 aromatic rings. The van der Waals surface area contributed by atoms with Crippen LogP contribution < -0.4 is 19.5 Å². The number of carbonyl (C=O) groups is 2. The van der Waals surface area contributed by atoms with Crippen molar-refractivity contribution in [3.05, 3.63) is 71.3 Å². The first kappa shape index (κ1) is 27.4. The van der Waals surface area contributed by atoms with Gasteiger partial charge in [0.05, 0.1) is 6.10 Å². The topological polar surface area (TPSA) is 97.3 Å². The van der Waals surface area contributed by atoms with Crippen molar-refractivity contribution in [1.29, 1.82) is 0 Å². The van der Waals surface area contributed by atoms with Gasteiger partial charge in [-0.25, -0.2) is 14.5 Å². The van der Waals surface area contributed by atoms with Gasteiger partial charge in [0, 0.05) is 18.3 Å². The number of phenolic OH excluding ortho intramolecular Hbond substituents is 1. The first-order valence-electron chi connectivity index (χ1n) is 12.1. The van der Waals surface area contributed by atoms with Gasteiger partial charge in [-0.3, -0.25) is 0 Å². The molecule has 0 radical (unpaired) electrons. The SMILES string of the molecule is Cc1cc(NC(=O)N(C)C(=O)Oc2ccccc2OC(C)C)cc(C)c1Oc1ccc(O)c(C(C)C)c1. The third-order valence-corrected chi connectivity index (χ3v) is 5.54. The van der Waals surface area contributed by atoms with E-state index < -0.39 is 12.1 Å². The van der Waals surface area contributed by atoms with Gasteiger partial charge in [-0.1, -0.05) is 26.0 Å². The minimum atomic E-state index is -0.848. The molecule has 0 saturated carbocycles. The standard InChI is InChI=1S/C29H34N2O6/c1-17(2)23-16-22(12-13-24(23)32)36-27-19(5)14-21(15-20(27)6)30-28(33)31(7)29(34)37-26-11-9-8-10-25(26)35-18(3)4/h8-18,32H,1-7H3,(H,30,33). The van der Waals surface area contributed by atoms with Gasteiger partial charge in [0.25, 0.3) is 0 Å². The average Bonchev–Trinajstić information content (AvgIpc) is 2.82. The Hall–Kier alpha value is -4.20. The van der Waals surface area contributed by atoms with Gasteiger partial charge >= 0.3 is 12.1 Å². The highest BCUT2D eigenvalue weighted by molar-refractivity contribution is 5.99. The van der Waals surface area contributed by atoms with Gasteiger partial charge in [-0.15, -0.1) is 0 Å². The van der Waals surface area contributed by atoms with Crippen molar-refractivity contribution in [2.24, 2.45) is 0 Å². The fraction of sp³-hybridized carbons (Fsp3) is 0.310. The van der Waals surface area contributed by atoms with Gasteiger partial charge < -0.3 is 24.6 Å². The maximum atomic E-state index is 12.8. The van der Waals surface area contributed by atoms with Crippen LogP contribution in [0.2, 0.25) is 0 Å². The number of hydrogen-bond donors (Lipinski definition) is 2. The zero-order chi connectivity index (χ0) is 27.3. The number of ether oxygens (including phenoxy) is 3. The Morgan fingerprint density at radius 1 is 0.919 bits per heavy atom. The summed E-state index contributed by atoms with van der Waals surface area (Å²) >= 11 is 0. The van der Waals surface area contributed by atoms with Crippen LogP contribution in [0.3, 0.4) is 0 Å². The summed E-state index contributed by atoms with van der Waals surface area (Å²) in [4.78, 5) is 26.2. The predicted molar refractivity (Wildman–Crippen MR) is 143 cm³/mol. The lowest BCUT2D eigenvalue weighted by Gasteiger charge is -2.19. The molecular weight excluding hydrogens is 472 g/mol. The van der Waals surface area contributed by atoms with Gasteiger partial charge in [-0.05, 0) is 87.2 Å². The van der Waals surface area contributed by atoms with Crippen LogP contribution in [0.5, 0.6) is 28.7 Å². The van der Waals surface area contributed by atoms with E-state index in [1.165, 1.54) is 7.05 Å². The number of benzene rings is 3. The molecule has 0 aliphatic carbocycles. The number of imide groups is 1. The smallest absolute Gasteiger partial charge is 0.423 e. The van der Waals surface area contributed by atoms with E-state index >= 15 is 0 Å². The molecule has 0 fully saturated rings. The molecule has 0 aliphatic rings. The van der Waals surface area contributed by atoms with Gasteiger partial charge in [0.1, 0.15) is 17.2 Å². The molecule has 0 atom stereocenters. The zero-order valence-electron chi connectivity index (χ0n) is 22.3. The summed E-state index contributed by atoms with van der Waals surface area (Å²) in [7, 11) is 1.33. The van der Waals surface area contributed by atoms with Crippen LogP contribution >= 0.6 is 0 Å². The largest absolute Gasteiger partial charge is 0.508 e. The number of amides is 3. The number of anilines is 1. The van der Waals surface area contributed by atoms with Crippen LogP contribution in [0.15, 0.2) is 54.6 Å². The maximum Gasteiger partial charge on any atom is 0.423 e. The second kappa shape index (κ2) is 11.7. The summed E-state index contributed by atoms with van der Waals surface area (Å²) in [6, 6.07) is 14.8. The number of rotatable bonds is 7. The molecule has 3 amide bonds. The Labute approximate surface area is 217 Å². The molecule has 37 heavy (non-hydrogen) atoms. The number of urea groups is 1. The van der Waals surface area contributed by atoms with Crippen molar-refractivity contribution in [1.82, 2.24) is 4.90 Å². The third kappa shape index (κ3) is 6.94. The van der Waals surface area contributed by atoms with Gasteiger partial charge in [0.15, 0.2) is 11.5 Å². The summed E-state index contributed by atoms with van der Waals surface area (Å²) in [6.07, 6.45) is -0.954. The predicted octanol–water partition coefficient (Wildman–Crippen LogP) is 7.37. The number of phenols is 1. The van der Waals surface area contributed by atoms with Crippen molar-refractivity contribution >= 4 is 17.8 Å². The summed E-state index contributed by atoms with van der Waals surface area (Å²) in [5.41, 5.74) is 2.88. The summed E-state index contributed by atoms with van der Waals surface area (Å²) in [5, 5.41) is 12.8. The van der Waals surface area contributed by atoms with E-state index in [0.29, 0.717) is 22.9 Å². The number of aryl methyl sites for hydroxylation is 2. The van der Waals surface area contributed by atoms with E-state index in [2.05, 4.69) is 5.32 Å². The Bertz CT molecular complexity index is 1260. The molecule has 0 bridgehead atoms. The minimum Gasteiger partial charge on any atom is -0.508 e. The fourth-order valence-electron chi connectivity index (χ4n) is 3.70. The Kier molecular flexibility index (Phi) is 8.65. The maximum absolute atomic E-state index is 12.8. The van der Waals surface area contributed by atoms with Gasteiger partial charge in [-0.2, -0.15) is 0 Å². The number of aromatic hydroxyl groups is 1. The average molecular weight is 507 g/mol. The quantitative estimate of drug-likeness (QED) is 0.347. The molecule has 0 aromatic heterocycles. The van der Waals surface area contributed by atoms with E-state index in [1.807, 2.05) is 47.6 Å². The lowest BCUT2D eigenvalue weighted by atomic mass is 10.0. The highest BCUT2D eigenvalue weighted by atomic mass is 16.6. The molecular formula is C29H34N2O6. The molecule has 2 N–H and O–H groups in total. The molecule has 8 nitrogen and oxygen atoms in total. The Balaban J connectivity index is 1.70. The lowest BCUT2D eigenvalue weighted by Crippen LogP contribution is -2.38. The van der Waals surface area contributed by atoms with E-state index in [1.54, 1.807) is 48.5 Å². The van der Waals surface area contributed by atoms with Crippen LogP contribution in [-0.4, -0.2) is 35.3 Å². The summed E-state index contributed by atoms with van der Waals surface area (Å²) in [6.45, 7) is 11.5. The monoisotopic (exact) mass is 506 g/mol. The lowest BCUT2D eigenvalue weighted by molar-refractivity contribution is 0.162. The molecule has 3 aromatic carbocycles. The van der Waals surface area contributed by atoms with Crippen molar-refractivity contribution in [2.45, 2.75) is 53.6 Å². The zero-order valence-corrected chi connectivity index (χ0v) is 22.3. The fourth-order valence-corrected chi connectivity index (χ4v) is 3.70. The molecule has 0 spiro atoms. The number of carbonyl (C=O) groups excluding carboxylic acids is 2. The minimum absolute atomic E-state index is 0.106. The second-order valence-electron chi connectivity index (χ2n) is 9.39. The van der Waals surface area contributed by atoms with Crippen LogP contribution in [0.1, 0.15) is 50.3 Å². The summed E-state index contributed by atoms with van der Waals surface area (Å²) in [5.74, 6) is 2.26. The molecule has 0 saturated heterocycles. The molecule has 8 heteroatoms. The highest BCUT2D eigenvalue weighted by Gasteiger charge is 2.22. The van der Waals surface area contributed by atoms with Crippen molar-refractivity contribution in [2.75, 3.05) is 12.4 Å². The molecule has 3 rings (SSSR count). The first-order chi connectivity index (χ1) is 17.5. The van der Waals surface area contributed by atoms with E-state index in [0.717, 1.165) is 21.6 Å². The van der Waals surface area contributed by atoms with E-state index in [-0.39, 0.29) is 23.5 Å². The normalized spacial score (nSPS) is 10.8. The Morgan fingerprint density at radius 2 is 1.54 bits per heavy atom. The van der Waals surface area contributed by atoms with Crippen LogP contribution in [0.4, 0.5) is 15.3 Å². The van der Waals surface area contributed by atoms with Gasteiger partial charge in [0.2, 0.25) is 0 Å². The van der Waals surface area contributed by atoms with Crippen molar-refractivity contribution < 1.29 is 28.9 Å². The number of para-hydroxylation sites is 2. The van der Waals surface area contributed by atoms with Crippen molar-refractivity contribution in [3.63, 3.8) is 0 Å². The van der Waals surface area contributed by atoms with E-state index in [9.17, 15) is 14.7 Å². The van der Waals surface area contributed by atoms with Crippen molar-refractivity contribution in [3.8, 4) is 28.7 Å². The highest BCUT2D eigenvalue weighted by Crippen LogP contribution is 2.35. The number of hydrogen-bond acceptors (Lipinski definition) is 6. The molecule has 0 heterocycles. The number of nitrogens with one attached hydrogen (secondary N) is 1. The van der Waals surface area contributed by atoms with Crippen LogP contribution in [-0.2, 0) is 0 Å². The third-order valence-electron chi connectivity index (χ3n) is 5.54. The van der Waals surface area contributed by atoms with Crippen LogP contribution in [0, 0.1) is 13.8 Å². The first-order valence-corrected chi connectivity index (χ1v) is 12.1.